The maximum absolute atomic E-state index is 11.3. The Bertz CT molecular complexity index is 590. The Morgan fingerprint density at radius 1 is 1.32 bits per heavy atom. The number of hydrogen-bond acceptors (Lipinski definition) is 5. The zero-order chi connectivity index (χ0) is 15.9. The fraction of sp³-hybridized carbons (Fsp3) is 0.562. The van der Waals surface area contributed by atoms with Gasteiger partial charge in [0.15, 0.2) is 11.5 Å². The lowest BCUT2D eigenvalue weighted by molar-refractivity contribution is -0.144. The van der Waals surface area contributed by atoms with Gasteiger partial charge in [-0.25, -0.2) is 0 Å². The van der Waals surface area contributed by atoms with Gasteiger partial charge in [-0.15, -0.1) is 0 Å². The third-order valence-corrected chi connectivity index (χ3v) is 4.79. The first-order chi connectivity index (χ1) is 10.5. The number of benzene rings is 1. The Hall–Kier alpha value is -1.79. The van der Waals surface area contributed by atoms with Gasteiger partial charge < -0.3 is 20.3 Å². The third kappa shape index (κ3) is 2.42. The van der Waals surface area contributed by atoms with E-state index >= 15 is 0 Å². The van der Waals surface area contributed by atoms with Crippen LogP contribution in [-0.2, 0) is 11.2 Å². The van der Waals surface area contributed by atoms with E-state index in [2.05, 4.69) is 4.90 Å². The first-order valence-electron chi connectivity index (χ1n) is 7.52. The molecule has 0 saturated carbocycles. The standard InChI is InChI=1S/C16H22N2O4/c1-21-13-6-9-3-4-18-8-10(16(19)20)5-12(17)15(18)11(9)7-14(13)22-2/h6-7,10,12,15H,3-5,8,17H2,1-2H3,(H,19,20). The maximum atomic E-state index is 11.3. The van der Waals surface area contributed by atoms with Gasteiger partial charge >= 0.3 is 5.97 Å². The Kier molecular flexibility index (Phi) is 3.97. The zero-order valence-corrected chi connectivity index (χ0v) is 12.9. The van der Waals surface area contributed by atoms with Crippen LogP contribution in [0.4, 0.5) is 0 Å². The van der Waals surface area contributed by atoms with Crippen molar-refractivity contribution < 1.29 is 19.4 Å². The second-order valence-corrected chi connectivity index (χ2v) is 6.03. The van der Waals surface area contributed by atoms with Crippen molar-refractivity contribution in [1.82, 2.24) is 4.90 Å². The van der Waals surface area contributed by atoms with Gasteiger partial charge in [0.1, 0.15) is 0 Å². The second kappa shape index (κ2) is 5.78. The number of hydrogen-bond donors (Lipinski definition) is 2. The number of methoxy groups -OCH3 is 2. The van der Waals surface area contributed by atoms with Gasteiger partial charge in [0.05, 0.1) is 26.2 Å². The summed E-state index contributed by atoms with van der Waals surface area (Å²) in [6, 6.07) is 3.87. The van der Waals surface area contributed by atoms with E-state index in [1.807, 2.05) is 12.1 Å². The minimum Gasteiger partial charge on any atom is -0.493 e. The summed E-state index contributed by atoms with van der Waals surface area (Å²) in [5.74, 6) is 0.276. The molecule has 1 aromatic rings. The molecule has 6 nitrogen and oxygen atoms in total. The fourth-order valence-electron chi connectivity index (χ4n) is 3.73. The summed E-state index contributed by atoms with van der Waals surface area (Å²) in [6.45, 7) is 1.38. The average Bonchev–Trinajstić information content (AvgIpc) is 2.52. The summed E-state index contributed by atoms with van der Waals surface area (Å²) in [5.41, 5.74) is 8.67. The number of rotatable bonds is 3. The van der Waals surface area contributed by atoms with Gasteiger partial charge in [-0.3, -0.25) is 9.69 Å². The van der Waals surface area contributed by atoms with Crippen molar-refractivity contribution in [2.24, 2.45) is 11.7 Å². The Labute approximate surface area is 129 Å². The van der Waals surface area contributed by atoms with Crippen molar-refractivity contribution >= 4 is 5.97 Å². The molecule has 3 N–H and O–H groups in total. The molecular formula is C16H22N2O4. The molecule has 120 valence electrons. The van der Waals surface area contributed by atoms with Gasteiger partial charge in [0.25, 0.3) is 0 Å². The van der Waals surface area contributed by atoms with Crippen LogP contribution in [0.5, 0.6) is 11.5 Å². The van der Waals surface area contributed by atoms with E-state index in [1.165, 1.54) is 5.56 Å². The molecule has 0 radical (unpaired) electrons. The highest BCUT2D eigenvalue weighted by Gasteiger charge is 2.41. The van der Waals surface area contributed by atoms with Gasteiger partial charge in [-0.2, -0.15) is 0 Å². The lowest BCUT2D eigenvalue weighted by Gasteiger charge is -2.46. The second-order valence-electron chi connectivity index (χ2n) is 6.03. The number of nitrogens with zero attached hydrogens (tertiary/aromatic N) is 1. The highest BCUT2D eigenvalue weighted by Crippen LogP contribution is 2.42. The predicted molar refractivity (Wildman–Crippen MR) is 81.3 cm³/mol. The van der Waals surface area contributed by atoms with Crippen LogP contribution in [0, 0.1) is 5.92 Å². The molecule has 2 aliphatic rings. The number of nitrogens with two attached hydrogens (primary N) is 1. The number of carboxylic acids is 1. The smallest absolute Gasteiger partial charge is 0.307 e. The lowest BCUT2D eigenvalue weighted by Crippen LogP contribution is -2.53. The van der Waals surface area contributed by atoms with Crippen molar-refractivity contribution in [2.75, 3.05) is 27.3 Å². The van der Waals surface area contributed by atoms with E-state index in [1.54, 1.807) is 14.2 Å². The number of fused-ring (bicyclic) bond motifs is 3. The number of aliphatic carboxylic acids is 1. The normalized spacial score (nSPS) is 27.7. The van der Waals surface area contributed by atoms with Gasteiger partial charge in [-0.05, 0) is 36.1 Å². The lowest BCUT2D eigenvalue weighted by atomic mass is 9.80. The number of ether oxygens (including phenoxy) is 2. The summed E-state index contributed by atoms with van der Waals surface area (Å²) in [5, 5.41) is 9.27. The summed E-state index contributed by atoms with van der Waals surface area (Å²) in [7, 11) is 3.25. The van der Waals surface area contributed by atoms with Crippen LogP contribution < -0.4 is 15.2 Å². The van der Waals surface area contributed by atoms with Gasteiger partial charge in [0, 0.05) is 19.1 Å². The van der Waals surface area contributed by atoms with Gasteiger partial charge in [-0.1, -0.05) is 0 Å². The summed E-state index contributed by atoms with van der Waals surface area (Å²) in [4.78, 5) is 13.5. The van der Waals surface area contributed by atoms with Gasteiger partial charge in [0.2, 0.25) is 0 Å². The van der Waals surface area contributed by atoms with Crippen LogP contribution in [-0.4, -0.2) is 49.3 Å². The largest absolute Gasteiger partial charge is 0.493 e. The van der Waals surface area contributed by atoms with Crippen molar-refractivity contribution in [3.05, 3.63) is 23.3 Å². The van der Waals surface area contributed by atoms with Crippen molar-refractivity contribution in [3.8, 4) is 11.5 Å². The first kappa shape index (κ1) is 15.1. The zero-order valence-electron chi connectivity index (χ0n) is 12.9. The van der Waals surface area contributed by atoms with E-state index in [0.29, 0.717) is 18.7 Å². The van der Waals surface area contributed by atoms with Crippen LogP contribution in [0.2, 0.25) is 0 Å². The van der Waals surface area contributed by atoms with Crippen LogP contribution in [0.25, 0.3) is 0 Å². The average molecular weight is 306 g/mol. The number of carbonyl (C=O) groups is 1. The number of carboxylic acid groups (broad SMARTS) is 1. The summed E-state index contributed by atoms with van der Waals surface area (Å²) >= 11 is 0. The summed E-state index contributed by atoms with van der Waals surface area (Å²) < 4.78 is 10.8. The fourth-order valence-corrected chi connectivity index (χ4v) is 3.73. The molecule has 0 spiro atoms. The molecule has 0 aromatic heterocycles. The molecule has 3 unspecified atom stereocenters. The van der Waals surface area contributed by atoms with E-state index in [-0.39, 0.29) is 18.0 Å². The van der Waals surface area contributed by atoms with Crippen LogP contribution in [0.1, 0.15) is 23.6 Å². The molecule has 1 fully saturated rings. The van der Waals surface area contributed by atoms with E-state index in [4.69, 9.17) is 15.2 Å². The van der Waals surface area contributed by atoms with Crippen molar-refractivity contribution in [3.63, 3.8) is 0 Å². The maximum Gasteiger partial charge on any atom is 0.307 e. The monoisotopic (exact) mass is 306 g/mol. The van der Waals surface area contributed by atoms with Crippen LogP contribution in [0.15, 0.2) is 12.1 Å². The molecule has 0 bridgehead atoms. The molecule has 1 saturated heterocycles. The molecule has 0 aliphatic carbocycles. The molecule has 6 heteroatoms. The molecular weight excluding hydrogens is 284 g/mol. The molecule has 0 amide bonds. The first-order valence-corrected chi connectivity index (χ1v) is 7.52. The van der Waals surface area contributed by atoms with E-state index < -0.39 is 5.97 Å². The molecule has 3 atom stereocenters. The topological polar surface area (TPSA) is 85.0 Å². The molecule has 2 heterocycles. The SMILES string of the molecule is COc1cc2c(cc1OC)C1C(N)CC(C(=O)O)CN1CC2. The Morgan fingerprint density at radius 3 is 2.64 bits per heavy atom. The van der Waals surface area contributed by atoms with Crippen LogP contribution >= 0.6 is 0 Å². The molecule has 22 heavy (non-hydrogen) atoms. The quantitative estimate of drug-likeness (QED) is 0.868. The summed E-state index contributed by atoms with van der Waals surface area (Å²) in [6.07, 6.45) is 1.37. The van der Waals surface area contributed by atoms with E-state index in [0.717, 1.165) is 24.3 Å². The van der Waals surface area contributed by atoms with Crippen molar-refractivity contribution in [1.29, 1.82) is 0 Å². The minimum absolute atomic E-state index is 0.0548. The molecule has 1 aromatic carbocycles. The number of piperidine rings is 1. The Balaban J connectivity index is 1.97. The highest BCUT2D eigenvalue weighted by molar-refractivity contribution is 5.70. The van der Waals surface area contributed by atoms with Crippen molar-refractivity contribution in [2.45, 2.75) is 24.9 Å². The molecule has 2 aliphatic heterocycles. The Morgan fingerprint density at radius 2 is 2.00 bits per heavy atom. The van der Waals surface area contributed by atoms with Crippen LogP contribution in [0.3, 0.4) is 0 Å². The minimum atomic E-state index is -0.757. The predicted octanol–water partition coefficient (Wildman–Crippen LogP) is 1.03. The molecule has 3 rings (SSSR count). The highest BCUT2D eigenvalue weighted by atomic mass is 16.5. The van der Waals surface area contributed by atoms with E-state index in [9.17, 15) is 9.90 Å². The third-order valence-electron chi connectivity index (χ3n) is 4.79.